The molecule has 0 aliphatic carbocycles. The molecule has 1 rings (SSSR count). The largest absolute Gasteiger partial charge is 0.460 e. The Balaban J connectivity index is 2.66. The van der Waals surface area contributed by atoms with Crippen molar-refractivity contribution >= 4 is 5.97 Å². The van der Waals surface area contributed by atoms with Crippen molar-refractivity contribution in [3.63, 3.8) is 0 Å². The molecule has 2 nitrogen and oxygen atoms in total. The number of carbonyl (C=O) groups excluding carboxylic acids is 1. The monoisotopic (exact) mass is 262 g/mol. The fraction of sp³-hybridized carbons (Fsp3) is 0.588. The molecule has 1 aromatic carbocycles. The van der Waals surface area contributed by atoms with Gasteiger partial charge in [0, 0.05) is 0 Å². The lowest BCUT2D eigenvalue weighted by Gasteiger charge is -2.19. The van der Waals surface area contributed by atoms with Crippen molar-refractivity contribution in [3.05, 3.63) is 35.4 Å². The van der Waals surface area contributed by atoms with Crippen LogP contribution in [0.1, 0.15) is 52.7 Å². The van der Waals surface area contributed by atoms with Crippen LogP contribution < -0.4 is 0 Å². The predicted octanol–water partition coefficient (Wildman–Crippen LogP) is 4.36. The summed E-state index contributed by atoms with van der Waals surface area (Å²) in [5.74, 6) is -0.159. The van der Waals surface area contributed by atoms with Crippen molar-refractivity contribution in [1.29, 1.82) is 0 Å². The van der Waals surface area contributed by atoms with Crippen molar-refractivity contribution in [2.75, 3.05) is 0 Å². The topological polar surface area (TPSA) is 26.3 Å². The molecule has 0 fully saturated rings. The second kappa shape index (κ2) is 5.77. The van der Waals surface area contributed by atoms with Gasteiger partial charge in [0.1, 0.15) is 6.61 Å². The molecular formula is C17H26O2. The van der Waals surface area contributed by atoms with Gasteiger partial charge in [0.2, 0.25) is 0 Å². The van der Waals surface area contributed by atoms with E-state index in [9.17, 15) is 4.79 Å². The van der Waals surface area contributed by atoms with E-state index in [2.05, 4.69) is 32.9 Å². The van der Waals surface area contributed by atoms with Crippen LogP contribution in [0.5, 0.6) is 0 Å². The molecule has 0 bridgehead atoms. The van der Waals surface area contributed by atoms with Gasteiger partial charge >= 0.3 is 5.97 Å². The first-order valence-corrected chi connectivity index (χ1v) is 6.83. The SMILES string of the molecule is CC(C)(C)Cc1cccc(COC(=O)C(C)(C)C)c1. The highest BCUT2D eigenvalue weighted by molar-refractivity contribution is 5.75. The lowest BCUT2D eigenvalue weighted by molar-refractivity contribution is -0.154. The molecule has 0 amide bonds. The number of hydrogen-bond acceptors (Lipinski definition) is 2. The van der Waals surface area contributed by atoms with E-state index in [1.54, 1.807) is 0 Å². The third-order valence-corrected chi connectivity index (χ3v) is 2.71. The molecule has 106 valence electrons. The number of ether oxygens (including phenoxy) is 1. The van der Waals surface area contributed by atoms with E-state index >= 15 is 0 Å². The summed E-state index contributed by atoms with van der Waals surface area (Å²) < 4.78 is 5.34. The van der Waals surface area contributed by atoms with Crippen LogP contribution >= 0.6 is 0 Å². The zero-order valence-corrected chi connectivity index (χ0v) is 13.0. The molecule has 0 aliphatic heterocycles. The highest BCUT2D eigenvalue weighted by atomic mass is 16.5. The first-order chi connectivity index (χ1) is 8.58. The molecule has 0 atom stereocenters. The second-order valence-electron chi connectivity index (χ2n) is 7.38. The van der Waals surface area contributed by atoms with Crippen LogP contribution in [0.15, 0.2) is 24.3 Å². The van der Waals surface area contributed by atoms with Gasteiger partial charge in [-0.3, -0.25) is 4.79 Å². The summed E-state index contributed by atoms with van der Waals surface area (Å²) >= 11 is 0. The Hall–Kier alpha value is -1.31. The molecule has 0 unspecified atom stereocenters. The predicted molar refractivity (Wildman–Crippen MR) is 78.9 cm³/mol. The van der Waals surface area contributed by atoms with Gasteiger partial charge in [-0.2, -0.15) is 0 Å². The van der Waals surface area contributed by atoms with E-state index in [-0.39, 0.29) is 11.4 Å². The minimum Gasteiger partial charge on any atom is -0.460 e. The zero-order chi connectivity index (χ0) is 14.7. The van der Waals surface area contributed by atoms with E-state index in [0.717, 1.165) is 12.0 Å². The van der Waals surface area contributed by atoms with Crippen molar-refractivity contribution in [2.45, 2.75) is 54.6 Å². The molecule has 1 aromatic rings. The van der Waals surface area contributed by atoms with Crippen LogP contribution in [-0.2, 0) is 22.6 Å². The summed E-state index contributed by atoms with van der Waals surface area (Å²) in [6, 6.07) is 8.28. The normalized spacial score (nSPS) is 12.3. The maximum atomic E-state index is 11.7. The summed E-state index contributed by atoms with van der Waals surface area (Å²) in [7, 11) is 0. The molecule has 0 saturated heterocycles. The van der Waals surface area contributed by atoms with Crippen LogP contribution in [0.3, 0.4) is 0 Å². The molecule has 0 radical (unpaired) electrons. The van der Waals surface area contributed by atoms with Crippen LogP contribution in [0.2, 0.25) is 0 Å². The third kappa shape index (κ3) is 5.91. The Morgan fingerprint density at radius 3 is 2.16 bits per heavy atom. The molecule has 0 saturated carbocycles. The van der Waals surface area contributed by atoms with Crippen molar-refractivity contribution < 1.29 is 9.53 Å². The van der Waals surface area contributed by atoms with E-state index in [0.29, 0.717) is 6.61 Å². The zero-order valence-electron chi connectivity index (χ0n) is 13.0. The van der Waals surface area contributed by atoms with Gasteiger partial charge in [0.15, 0.2) is 0 Å². The second-order valence-corrected chi connectivity index (χ2v) is 7.38. The van der Waals surface area contributed by atoms with E-state index in [1.165, 1.54) is 5.56 Å². The average Bonchev–Trinajstić information content (AvgIpc) is 2.22. The van der Waals surface area contributed by atoms with E-state index in [4.69, 9.17) is 4.74 Å². The lowest BCUT2D eigenvalue weighted by Crippen LogP contribution is -2.22. The van der Waals surface area contributed by atoms with Crippen LogP contribution in [-0.4, -0.2) is 5.97 Å². The number of carbonyl (C=O) groups is 1. The highest BCUT2D eigenvalue weighted by Crippen LogP contribution is 2.22. The summed E-state index contributed by atoms with van der Waals surface area (Å²) in [6.45, 7) is 12.6. The number of hydrogen-bond donors (Lipinski definition) is 0. The number of esters is 1. The van der Waals surface area contributed by atoms with Crippen LogP contribution in [0, 0.1) is 10.8 Å². The van der Waals surface area contributed by atoms with Crippen molar-refractivity contribution in [2.24, 2.45) is 10.8 Å². The molecule has 2 heteroatoms. The Kier molecular flexibility index (Phi) is 4.78. The van der Waals surface area contributed by atoms with Gasteiger partial charge in [-0.05, 0) is 43.7 Å². The lowest BCUT2D eigenvalue weighted by atomic mass is 9.88. The Morgan fingerprint density at radius 1 is 1.05 bits per heavy atom. The van der Waals surface area contributed by atoms with Gasteiger partial charge in [0.25, 0.3) is 0 Å². The van der Waals surface area contributed by atoms with Gasteiger partial charge < -0.3 is 4.74 Å². The molecular weight excluding hydrogens is 236 g/mol. The first kappa shape index (κ1) is 15.7. The minimum atomic E-state index is -0.441. The summed E-state index contributed by atoms with van der Waals surface area (Å²) in [5, 5.41) is 0. The molecule has 19 heavy (non-hydrogen) atoms. The molecule has 0 aliphatic rings. The summed E-state index contributed by atoms with van der Waals surface area (Å²) in [4.78, 5) is 11.7. The first-order valence-electron chi connectivity index (χ1n) is 6.83. The molecule has 0 heterocycles. The van der Waals surface area contributed by atoms with Gasteiger partial charge in [-0.1, -0.05) is 45.0 Å². The van der Waals surface area contributed by atoms with Crippen LogP contribution in [0.4, 0.5) is 0 Å². The highest BCUT2D eigenvalue weighted by Gasteiger charge is 2.22. The average molecular weight is 262 g/mol. The maximum absolute atomic E-state index is 11.7. The maximum Gasteiger partial charge on any atom is 0.311 e. The third-order valence-electron chi connectivity index (χ3n) is 2.71. The number of rotatable bonds is 3. The Bertz CT molecular complexity index is 433. The molecule has 0 aromatic heterocycles. The summed E-state index contributed by atoms with van der Waals surface area (Å²) in [5.41, 5.74) is 2.17. The van der Waals surface area contributed by atoms with Crippen molar-refractivity contribution in [1.82, 2.24) is 0 Å². The fourth-order valence-corrected chi connectivity index (χ4v) is 1.81. The van der Waals surface area contributed by atoms with Gasteiger partial charge in [-0.15, -0.1) is 0 Å². The minimum absolute atomic E-state index is 0.159. The number of benzene rings is 1. The Labute approximate surface area is 117 Å². The van der Waals surface area contributed by atoms with Crippen LogP contribution in [0.25, 0.3) is 0 Å². The van der Waals surface area contributed by atoms with Gasteiger partial charge in [0.05, 0.1) is 5.41 Å². The molecule has 0 N–H and O–H groups in total. The quantitative estimate of drug-likeness (QED) is 0.756. The fourth-order valence-electron chi connectivity index (χ4n) is 1.81. The standard InChI is InChI=1S/C17H26O2/c1-16(2,3)11-13-8-7-9-14(10-13)12-19-15(18)17(4,5)6/h7-10H,11-12H2,1-6H3. The van der Waals surface area contributed by atoms with Gasteiger partial charge in [-0.25, -0.2) is 0 Å². The van der Waals surface area contributed by atoms with E-state index in [1.807, 2.05) is 32.9 Å². The summed E-state index contributed by atoms with van der Waals surface area (Å²) in [6.07, 6.45) is 1.02. The molecule has 0 spiro atoms. The Morgan fingerprint density at radius 2 is 1.63 bits per heavy atom. The smallest absolute Gasteiger partial charge is 0.311 e. The van der Waals surface area contributed by atoms with E-state index < -0.39 is 5.41 Å². The van der Waals surface area contributed by atoms with Crippen molar-refractivity contribution in [3.8, 4) is 0 Å².